The molecule has 18 heavy (non-hydrogen) atoms. The van der Waals surface area contributed by atoms with Gasteiger partial charge < -0.3 is 20.5 Å². The highest BCUT2D eigenvalue weighted by Crippen LogP contribution is 2.25. The summed E-state index contributed by atoms with van der Waals surface area (Å²) in [5.74, 6) is -0.410. The Labute approximate surface area is 104 Å². The minimum atomic E-state index is -0.795. The molecule has 1 heterocycles. The molecule has 1 aliphatic heterocycles. The van der Waals surface area contributed by atoms with E-state index in [-0.39, 0.29) is 24.7 Å². The molecule has 98 valence electrons. The quantitative estimate of drug-likeness (QED) is 0.748. The van der Waals surface area contributed by atoms with E-state index in [2.05, 4.69) is 0 Å². The maximum Gasteiger partial charge on any atom is 0.219 e. The average Bonchev–Trinajstić information content (AvgIpc) is 2.66. The van der Waals surface area contributed by atoms with Gasteiger partial charge in [0.05, 0.1) is 18.8 Å². The normalized spacial score (nSPS) is 23.2. The molecule has 1 aromatic carbocycles. The van der Waals surface area contributed by atoms with Crippen LogP contribution in [-0.2, 0) is 4.79 Å². The number of nitrogen functional groups attached to an aromatic ring is 1. The van der Waals surface area contributed by atoms with Crippen molar-refractivity contribution in [1.29, 1.82) is 0 Å². The van der Waals surface area contributed by atoms with Crippen LogP contribution in [0.1, 0.15) is 6.92 Å². The first kappa shape index (κ1) is 12.6. The third-order valence-corrected chi connectivity index (χ3v) is 2.94. The predicted molar refractivity (Wildman–Crippen MR) is 63.5 cm³/mol. The van der Waals surface area contributed by atoms with E-state index in [4.69, 9.17) is 10.5 Å². The van der Waals surface area contributed by atoms with Gasteiger partial charge in [-0.25, -0.2) is 4.39 Å². The Bertz CT molecular complexity index is 467. The van der Waals surface area contributed by atoms with Gasteiger partial charge in [0.15, 0.2) is 0 Å². The number of aliphatic hydroxyl groups is 1. The Kier molecular flexibility index (Phi) is 3.38. The second-order valence-corrected chi connectivity index (χ2v) is 4.33. The van der Waals surface area contributed by atoms with E-state index in [1.54, 1.807) is 0 Å². The second kappa shape index (κ2) is 4.81. The summed E-state index contributed by atoms with van der Waals surface area (Å²) in [7, 11) is 0. The zero-order chi connectivity index (χ0) is 13.3. The summed E-state index contributed by atoms with van der Waals surface area (Å²) in [6, 6.07) is 3.79. The molecule has 0 spiro atoms. The molecule has 1 fully saturated rings. The number of nitrogens with two attached hydrogens (primary N) is 1. The maximum atomic E-state index is 13.1. The number of carbonyl (C=O) groups is 1. The van der Waals surface area contributed by atoms with E-state index < -0.39 is 18.0 Å². The number of amides is 1. The number of benzene rings is 1. The highest BCUT2D eigenvalue weighted by molar-refractivity contribution is 5.73. The predicted octanol–water partition coefficient (Wildman–Crippen LogP) is 0.378. The number of hydrogen-bond donors (Lipinski definition) is 2. The molecule has 1 aromatic rings. The van der Waals surface area contributed by atoms with Crippen LogP contribution in [0.15, 0.2) is 18.2 Å². The lowest BCUT2D eigenvalue weighted by molar-refractivity contribution is -0.128. The van der Waals surface area contributed by atoms with E-state index in [9.17, 15) is 14.3 Å². The smallest absolute Gasteiger partial charge is 0.219 e. The number of nitrogens with zero attached hydrogens (tertiary/aromatic N) is 1. The van der Waals surface area contributed by atoms with Crippen molar-refractivity contribution in [3.8, 4) is 5.75 Å². The lowest BCUT2D eigenvalue weighted by Crippen LogP contribution is -2.30. The summed E-state index contributed by atoms with van der Waals surface area (Å²) in [4.78, 5) is 12.7. The molecule has 0 bridgehead atoms. The molecular formula is C12H15FN2O3. The molecule has 3 N–H and O–H groups in total. The van der Waals surface area contributed by atoms with Crippen molar-refractivity contribution < 1.29 is 19.0 Å². The SMILES string of the molecule is CC(=O)N1C[C@@H](O)[C@H](Oc2cc(F)ccc2N)C1. The molecule has 1 aliphatic rings. The molecule has 0 aliphatic carbocycles. The van der Waals surface area contributed by atoms with Crippen LogP contribution in [0.3, 0.4) is 0 Å². The van der Waals surface area contributed by atoms with Gasteiger partial charge in [-0.2, -0.15) is 0 Å². The van der Waals surface area contributed by atoms with Gasteiger partial charge in [-0.05, 0) is 12.1 Å². The van der Waals surface area contributed by atoms with E-state index in [0.29, 0.717) is 5.69 Å². The van der Waals surface area contributed by atoms with E-state index in [0.717, 1.165) is 0 Å². The molecule has 0 saturated carbocycles. The fraction of sp³-hybridized carbons (Fsp3) is 0.417. The van der Waals surface area contributed by atoms with Crippen molar-refractivity contribution in [2.75, 3.05) is 18.8 Å². The minimum Gasteiger partial charge on any atom is -0.484 e. The van der Waals surface area contributed by atoms with Gasteiger partial charge in [0, 0.05) is 13.0 Å². The molecule has 1 saturated heterocycles. The van der Waals surface area contributed by atoms with Crippen LogP contribution in [-0.4, -0.2) is 41.2 Å². The Morgan fingerprint density at radius 1 is 1.56 bits per heavy atom. The van der Waals surface area contributed by atoms with Crippen molar-refractivity contribution in [1.82, 2.24) is 4.90 Å². The number of hydrogen-bond acceptors (Lipinski definition) is 4. The lowest BCUT2D eigenvalue weighted by atomic mass is 10.2. The number of halogens is 1. The molecule has 2 atom stereocenters. The fourth-order valence-electron chi connectivity index (χ4n) is 1.90. The first-order valence-electron chi connectivity index (χ1n) is 5.62. The van der Waals surface area contributed by atoms with Gasteiger partial charge >= 0.3 is 0 Å². The summed E-state index contributed by atoms with van der Waals surface area (Å²) in [5.41, 5.74) is 5.95. The molecule has 5 nitrogen and oxygen atoms in total. The van der Waals surface area contributed by atoms with Gasteiger partial charge in [-0.1, -0.05) is 0 Å². The van der Waals surface area contributed by atoms with Crippen LogP contribution >= 0.6 is 0 Å². The van der Waals surface area contributed by atoms with Crippen molar-refractivity contribution >= 4 is 11.6 Å². The zero-order valence-corrected chi connectivity index (χ0v) is 9.97. The largest absolute Gasteiger partial charge is 0.484 e. The van der Waals surface area contributed by atoms with Crippen LogP contribution in [0.4, 0.5) is 10.1 Å². The first-order chi connectivity index (χ1) is 8.47. The number of β-amino-alcohol motifs (C(OH)–C–C–N with tert-alkyl or cyclic N) is 1. The third kappa shape index (κ3) is 2.53. The molecule has 0 radical (unpaired) electrons. The number of anilines is 1. The van der Waals surface area contributed by atoms with Gasteiger partial charge in [0.1, 0.15) is 23.8 Å². The van der Waals surface area contributed by atoms with Gasteiger partial charge in [-0.15, -0.1) is 0 Å². The standard InChI is InChI=1S/C12H15FN2O3/c1-7(16)15-5-10(17)12(6-15)18-11-4-8(13)2-3-9(11)14/h2-4,10,12,17H,5-6,14H2,1H3/t10-,12-/m1/s1. The molecule has 0 unspecified atom stereocenters. The third-order valence-electron chi connectivity index (χ3n) is 2.94. The van der Waals surface area contributed by atoms with Crippen LogP contribution in [0, 0.1) is 5.82 Å². The van der Waals surface area contributed by atoms with E-state index >= 15 is 0 Å². The fourth-order valence-corrected chi connectivity index (χ4v) is 1.90. The Hall–Kier alpha value is -1.82. The zero-order valence-electron chi connectivity index (χ0n) is 9.97. The number of carbonyl (C=O) groups excluding carboxylic acids is 1. The molecule has 6 heteroatoms. The van der Waals surface area contributed by atoms with Crippen molar-refractivity contribution in [2.45, 2.75) is 19.1 Å². The summed E-state index contributed by atoms with van der Waals surface area (Å²) in [5, 5.41) is 9.78. The maximum absolute atomic E-state index is 13.1. The Morgan fingerprint density at radius 3 is 2.89 bits per heavy atom. The average molecular weight is 254 g/mol. The van der Waals surface area contributed by atoms with Gasteiger partial charge in [0.25, 0.3) is 0 Å². The van der Waals surface area contributed by atoms with Crippen molar-refractivity contribution in [3.05, 3.63) is 24.0 Å². The first-order valence-corrected chi connectivity index (χ1v) is 5.62. The van der Waals surface area contributed by atoms with Crippen LogP contribution in [0.5, 0.6) is 5.75 Å². The summed E-state index contributed by atoms with van der Waals surface area (Å²) < 4.78 is 18.5. The summed E-state index contributed by atoms with van der Waals surface area (Å²) >= 11 is 0. The minimum absolute atomic E-state index is 0.132. The van der Waals surface area contributed by atoms with Gasteiger partial charge in [-0.3, -0.25) is 4.79 Å². The molecule has 2 rings (SSSR count). The van der Waals surface area contributed by atoms with Gasteiger partial charge in [0.2, 0.25) is 5.91 Å². The van der Waals surface area contributed by atoms with Crippen LogP contribution in [0.25, 0.3) is 0 Å². The topological polar surface area (TPSA) is 75.8 Å². The highest BCUT2D eigenvalue weighted by atomic mass is 19.1. The van der Waals surface area contributed by atoms with E-state index in [1.807, 2.05) is 0 Å². The Balaban J connectivity index is 2.10. The van der Waals surface area contributed by atoms with Crippen molar-refractivity contribution in [2.24, 2.45) is 0 Å². The van der Waals surface area contributed by atoms with Crippen LogP contribution in [0.2, 0.25) is 0 Å². The number of rotatable bonds is 2. The number of aliphatic hydroxyl groups excluding tert-OH is 1. The second-order valence-electron chi connectivity index (χ2n) is 4.33. The number of likely N-dealkylation sites (tertiary alicyclic amines) is 1. The lowest BCUT2D eigenvalue weighted by Gasteiger charge is -2.17. The summed E-state index contributed by atoms with van der Waals surface area (Å²) in [6.45, 7) is 1.91. The Morgan fingerprint density at radius 2 is 2.28 bits per heavy atom. The van der Waals surface area contributed by atoms with E-state index in [1.165, 1.54) is 30.0 Å². The number of ether oxygens (including phenoxy) is 1. The van der Waals surface area contributed by atoms with Crippen molar-refractivity contribution in [3.63, 3.8) is 0 Å². The molecular weight excluding hydrogens is 239 g/mol. The molecule has 0 aromatic heterocycles. The summed E-state index contributed by atoms with van der Waals surface area (Å²) in [6.07, 6.45) is -1.38. The highest BCUT2D eigenvalue weighted by Gasteiger charge is 2.34. The monoisotopic (exact) mass is 254 g/mol. The van der Waals surface area contributed by atoms with Crippen LogP contribution < -0.4 is 10.5 Å². The molecule has 1 amide bonds.